The maximum Gasteiger partial charge on any atom is 0.168 e. The summed E-state index contributed by atoms with van der Waals surface area (Å²) in [6, 6.07) is 1.79. The third-order valence-corrected chi connectivity index (χ3v) is 3.08. The molecule has 4 heteroatoms. The summed E-state index contributed by atoms with van der Waals surface area (Å²) in [5.41, 5.74) is 1.75. The molecule has 0 fully saturated rings. The zero-order chi connectivity index (χ0) is 11.5. The van der Waals surface area contributed by atoms with Crippen LogP contribution in [0.1, 0.15) is 29.3 Å². The van der Waals surface area contributed by atoms with Gasteiger partial charge in [0.1, 0.15) is 5.15 Å². The molecule has 0 amide bonds. The van der Waals surface area contributed by atoms with Crippen LogP contribution < -0.4 is 0 Å². The van der Waals surface area contributed by atoms with Crippen molar-refractivity contribution < 1.29 is 9.53 Å². The Hall–Kier alpha value is -0.930. The first-order chi connectivity index (χ1) is 7.72. The van der Waals surface area contributed by atoms with Crippen molar-refractivity contribution in [1.29, 1.82) is 0 Å². The number of carbonyl (C=O) groups excluding carboxylic acids is 1. The molecule has 16 heavy (non-hydrogen) atoms. The van der Waals surface area contributed by atoms with Gasteiger partial charge in [-0.25, -0.2) is 4.98 Å². The Morgan fingerprint density at radius 1 is 1.62 bits per heavy atom. The number of halogens is 1. The Kier molecular flexibility index (Phi) is 3.56. The topological polar surface area (TPSA) is 39.2 Å². The van der Waals surface area contributed by atoms with Crippen molar-refractivity contribution in [1.82, 2.24) is 4.98 Å². The fraction of sp³-hybridized carbons (Fsp3) is 0.500. The van der Waals surface area contributed by atoms with Gasteiger partial charge in [0.15, 0.2) is 5.78 Å². The quantitative estimate of drug-likeness (QED) is 0.599. The van der Waals surface area contributed by atoms with Gasteiger partial charge in [0.05, 0.1) is 0 Å². The van der Waals surface area contributed by atoms with Crippen molar-refractivity contribution in [2.24, 2.45) is 5.92 Å². The third-order valence-electron chi connectivity index (χ3n) is 2.87. The molecule has 1 unspecified atom stereocenters. The molecular formula is C12H14ClNO2. The van der Waals surface area contributed by atoms with Crippen LogP contribution in [0.4, 0.5) is 0 Å². The van der Waals surface area contributed by atoms with Crippen LogP contribution in [0, 0.1) is 5.92 Å². The van der Waals surface area contributed by atoms with Gasteiger partial charge in [0, 0.05) is 30.9 Å². The molecule has 0 radical (unpaired) electrons. The molecule has 0 spiro atoms. The summed E-state index contributed by atoms with van der Waals surface area (Å²) >= 11 is 5.80. The van der Waals surface area contributed by atoms with Gasteiger partial charge in [0.25, 0.3) is 0 Å². The average Bonchev–Trinajstić information content (AvgIpc) is 2.56. The second-order valence-corrected chi connectivity index (χ2v) is 4.30. The van der Waals surface area contributed by atoms with Gasteiger partial charge in [0.2, 0.25) is 0 Å². The molecule has 0 saturated heterocycles. The lowest BCUT2D eigenvalue weighted by Crippen LogP contribution is -2.12. The number of ketones is 1. The Labute approximate surface area is 99.8 Å². The van der Waals surface area contributed by atoms with Gasteiger partial charge in [-0.1, -0.05) is 11.6 Å². The number of fused-ring (bicyclic) bond motifs is 1. The van der Waals surface area contributed by atoms with Crippen molar-refractivity contribution in [3.8, 4) is 0 Å². The Bertz CT molecular complexity index is 406. The molecule has 1 atom stereocenters. The standard InChI is InChI=1S/C12H14ClNO2/c1-2-16-4-3-8-5-9-6-11(13)14-7-10(9)12(8)15/h6-8H,2-5H2,1H3. The number of aromatic nitrogens is 1. The zero-order valence-electron chi connectivity index (χ0n) is 9.20. The Morgan fingerprint density at radius 2 is 2.44 bits per heavy atom. The summed E-state index contributed by atoms with van der Waals surface area (Å²) in [6.45, 7) is 3.29. The van der Waals surface area contributed by atoms with Crippen LogP contribution in [0.25, 0.3) is 0 Å². The number of ether oxygens (including phenoxy) is 1. The SMILES string of the molecule is CCOCCC1Cc2cc(Cl)ncc2C1=O. The maximum absolute atomic E-state index is 12.0. The van der Waals surface area contributed by atoms with E-state index in [2.05, 4.69) is 4.98 Å². The van der Waals surface area contributed by atoms with E-state index in [1.807, 2.05) is 6.92 Å². The normalized spacial score (nSPS) is 18.9. The van der Waals surface area contributed by atoms with E-state index < -0.39 is 0 Å². The Balaban J connectivity index is 2.06. The first-order valence-corrected chi connectivity index (χ1v) is 5.86. The van der Waals surface area contributed by atoms with E-state index in [0.29, 0.717) is 18.4 Å². The first kappa shape index (κ1) is 11.6. The number of Topliss-reactive ketones (excluding diaryl/α,β-unsaturated/α-hetero) is 1. The second kappa shape index (κ2) is 4.93. The number of hydrogen-bond donors (Lipinski definition) is 0. The molecule has 3 nitrogen and oxygen atoms in total. The van der Waals surface area contributed by atoms with Crippen LogP contribution in [-0.2, 0) is 11.2 Å². The van der Waals surface area contributed by atoms with E-state index in [1.165, 1.54) is 0 Å². The van der Waals surface area contributed by atoms with Crippen molar-refractivity contribution in [3.05, 3.63) is 28.5 Å². The first-order valence-electron chi connectivity index (χ1n) is 5.48. The van der Waals surface area contributed by atoms with E-state index in [4.69, 9.17) is 16.3 Å². The lowest BCUT2D eigenvalue weighted by molar-refractivity contribution is 0.0871. The van der Waals surface area contributed by atoms with Crippen molar-refractivity contribution >= 4 is 17.4 Å². The highest BCUT2D eigenvalue weighted by Gasteiger charge is 2.30. The smallest absolute Gasteiger partial charge is 0.168 e. The summed E-state index contributed by atoms with van der Waals surface area (Å²) in [7, 11) is 0. The molecule has 1 aromatic rings. The molecule has 0 N–H and O–H groups in total. The van der Waals surface area contributed by atoms with Gasteiger partial charge in [-0.15, -0.1) is 0 Å². The van der Waals surface area contributed by atoms with Crippen LogP contribution >= 0.6 is 11.6 Å². The van der Waals surface area contributed by atoms with Crippen molar-refractivity contribution in [2.45, 2.75) is 19.8 Å². The van der Waals surface area contributed by atoms with Gasteiger partial charge in [-0.2, -0.15) is 0 Å². The molecule has 1 aliphatic carbocycles. The van der Waals surface area contributed by atoms with E-state index >= 15 is 0 Å². The Morgan fingerprint density at radius 3 is 3.19 bits per heavy atom. The lowest BCUT2D eigenvalue weighted by Gasteiger charge is -2.06. The van der Waals surface area contributed by atoms with E-state index in [9.17, 15) is 4.79 Å². The predicted molar refractivity (Wildman–Crippen MR) is 61.9 cm³/mol. The van der Waals surface area contributed by atoms with Gasteiger partial charge in [-0.05, 0) is 31.4 Å². The summed E-state index contributed by atoms with van der Waals surface area (Å²) in [4.78, 5) is 15.9. The minimum Gasteiger partial charge on any atom is -0.382 e. The van der Waals surface area contributed by atoms with E-state index in [1.54, 1.807) is 12.3 Å². The highest BCUT2D eigenvalue weighted by atomic mass is 35.5. The lowest BCUT2D eigenvalue weighted by atomic mass is 10.0. The number of nitrogens with zero attached hydrogens (tertiary/aromatic N) is 1. The highest BCUT2D eigenvalue weighted by Crippen LogP contribution is 2.29. The van der Waals surface area contributed by atoms with Crippen molar-refractivity contribution in [3.63, 3.8) is 0 Å². The van der Waals surface area contributed by atoms with Crippen LogP contribution in [0.2, 0.25) is 5.15 Å². The van der Waals surface area contributed by atoms with Crippen LogP contribution in [0.5, 0.6) is 0 Å². The molecule has 2 rings (SSSR count). The fourth-order valence-corrected chi connectivity index (χ4v) is 2.22. The maximum atomic E-state index is 12.0. The summed E-state index contributed by atoms with van der Waals surface area (Å²) in [6.07, 6.45) is 3.13. The van der Waals surface area contributed by atoms with E-state index in [-0.39, 0.29) is 11.7 Å². The fourth-order valence-electron chi connectivity index (χ4n) is 2.04. The van der Waals surface area contributed by atoms with Gasteiger partial charge >= 0.3 is 0 Å². The minimum atomic E-state index is 0.0433. The summed E-state index contributed by atoms with van der Waals surface area (Å²) in [5, 5.41) is 0.456. The average molecular weight is 240 g/mol. The molecule has 1 heterocycles. The number of pyridine rings is 1. The molecule has 0 bridgehead atoms. The van der Waals surface area contributed by atoms with Gasteiger partial charge < -0.3 is 4.74 Å². The number of rotatable bonds is 4. The molecular weight excluding hydrogens is 226 g/mol. The molecule has 0 aliphatic heterocycles. The van der Waals surface area contributed by atoms with Gasteiger partial charge in [-0.3, -0.25) is 4.79 Å². The summed E-state index contributed by atoms with van der Waals surface area (Å²) < 4.78 is 5.27. The molecule has 0 aromatic carbocycles. The van der Waals surface area contributed by atoms with Crippen LogP contribution in [-0.4, -0.2) is 24.0 Å². The third kappa shape index (κ3) is 2.25. The zero-order valence-corrected chi connectivity index (χ0v) is 9.96. The van der Waals surface area contributed by atoms with Crippen LogP contribution in [0.15, 0.2) is 12.3 Å². The van der Waals surface area contributed by atoms with E-state index in [0.717, 1.165) is 24.0 Å². The second-order valence-electron chi connectivity index (χ2n) is 3.92. The largest absolute Gasteiger partial charge is 0.382 e. The molecule has 1 aliphatic rings. The summed E-state index contributed by atoms with van der Waals surface area (Å²) in [5.74, 6) is 0.223. The van der Waals surface area contributed by atoms with Crippen LogP contribution in [0.3, 0.4) is 0 Å². The number of hydrogen-bond acceptors (Lipinski definition) is 3. The predicted octanol–water partition coefficient (Wildman–Crippen LogP) is 2.52. The minimum absolute atomic E-state index is 0.0433. The van der Waals surface area contributed by atoms with Crippen molar-refractivity contribution in [2.75, 3.05) is 13.2 Å². The molecule has 0 saturated carbocycles. The number of carbonyl (C=O) groups is 1. The molecule has 86 valence electrons. The monoisotopic (exact) mass is 239 g/mol. The highest BCUT2D eigenvalue weighted by molar-refractivity contribution is 6.29. The molecule has 1 aromatic heterocycles.